The average molecular weight is 261 g/mol. The Kier molecular flexibility index (Phi) is 4.16. The number of carbonyl (C=O) groups is 2. The van der Waals surface area contributed by atoms with Gasteiger partial charge in [0, 0.05) is 6.54 Å². The van der Waals surface area contributed by atoms with E-state index in [1.807, 2.05) is 42.2 Å². The first-order valence-corrected chi connectivity index (χ1v) is 6.47. The second-order valence-corrected chi connectivity index (χ2v) is 4.80. The normalized spacial score (nSPS) is 17.7. The highest BCUT2D eigenvalue weighted by atomic mass is 16.2. The summed E-state index contributed by atoms with van der Waals surface area (Å²) in [6.45, 7) is 3.38. The molecule has 0 bridgehead atoms. The number of nitrogens with zero attached hydrogens (tertiary/aromatic N) is 2. The van der Waals surface area contributed by atoms with E-state index in [1.165, 1.54) is 0 Å². The van der Waals surface area contributed by atoms with Crippen LogP contribution in [0.2, 0.25) is 0 Å². The van der Waals surface area contributed by atoms with Gasteiger partial charge in [0.05, 0.1) is 13.2 Å². The molecular weight excluding hydrogens is 242 g/mol. The van der Waals surface area contributed by atoms with E-state index in [9.17, 15) is 9.59 Å². The predicted molar refractivity (Wildman–Crippen MR) is 71.8 cm³/mol. The molecular formula is C14H19N3O2. The summed E-state index contributed by atoms with van der Waals surface area (Å²) < 4.78 is 0. The van der Waals surface area contributed by atoms with Crippen molar-refractivity contribution in [2.24, 2.45) is 5.73 Å². The monoisotopic (exact) mass is 261 g/mol. The van der Waals surface area contributed by atoms with Crippen molar-refractivity contribution >= 4 is 11.8 Å². The molecule has 1 aromatic rings. The van der Waals surface area contributed by atoms with Crippen molar-refractivity contribution in [3.8, 4) is 0 Å². The van der Waals surface area contributed by atoms with E-state index in [-0.39, 0.29) is 5.91 Å². The second kappa shape index (κ2) is 5.84. The lowest BCUT2D eigenvalue weighted by molar-refractivity contribution is -0.135. The Balaban J connectivity index is 2.01. The molecule has 2 amide bonds. The lowest BCUT2D eigenvalue weighted by Gasteiger charge is -2.24. The van der Waals surface area contributed by atoms with Crippen molar-refractivity contribution in [1.82, 2.24) is 9.80 Å². The summed E-state index contributed by atoms with van der Waals surface area (Å²) in [5.74, 6) is -0.459. The number of hydrogen-bond acceptors (Lipinski definition) is 3. The first-order valence-electron chi connectivity index (χ1n) is 6.47. The molecule has 0 aliphatic carbocycles. The van der Waals surface area contributed by atoms with Gasteiger partial charge in [-0.25, -0.2) is 0 Å². The van der Waals surface area contributed by atoms with E-state index < -0.39 is 11.9 Å². The van der Waals surface area contributed by atoms with Crippen molar-refractivity contribution in [2.75, 3.05) is 13.2 Å². The molecule has 0 spiro atoms. The Hall–Kier alpha value is -1.88. The minimum atomic E-state index is -0.492. The lowest BCUT2D eigenvalue weighted by Crippen LogP contribution is -2.45. The van der Waals surface area contributed by atoms with Crippen LogP contribution in [0, 0.1) is 0 Å². The number of primary amides is 1. The lowest BCUT2D eigenvalue weighted by atomic mass is 10.2. The zero-order chi connectivity index (χ0) is 13.8. The number of nitrogens with two attached hydrogens (primary N) is 1. The summed E-state index contributed by atoms with van der Waals surface area (Å²) in [5.41, 5.74) is 6.49. The summed E-state index contributed by atoms with van der Waals surface area (Å²) in [6.07, 6.45) is 0.556. The summed E-state index contributed by atoms with van der Waals surface area (Å²) >= 11 is 0. The van der Waals surface area contributed by atoms with Crippen LogP contribution in [0.1, 0.15) is 18.9 Å². The molecule has 1 heterocycles. The molecule has 1 aliphatic heterocycles. The van der Waals surface area contributed by atoms with Crippen LogP contribution >= 0.6 is 0 Å². The minimum absolute atomic E-state index is 0.0263. The molecule has 2 rings (SSSR count). The molecule has 0 aromatic heterocycles. The fourth-order valence-electron chi connectivity index (χ4n) is 2.42. The van der Waals surface area contributed by atoms with Gasteiger partial charge >= 0.3 is 0 Å². The van der Waals surface area contributed by atoms with Crippen molar-refractivity contribution in [3.05, 3.63) is 35.9 Å². The maximum absolute atomic E-state index is 12.0. The van der Waals surface area contributed by atoms with Gasteiger partial charge in [-0.3, -0.25) is 14.5 Å². The topological polar surface area (TPSA) is 66.6 Å². The van der Waals surface area contributed by atoms with Crippen LogP contribution in [-0.4, -0.2) is 40.9 Å². The molecule has 1 fully saturated rings. The van der Waals surface area contributed by atoms with E-state index in [0.717, 1.165) is 5.56 Å². The molecule has 102 valence electrons. The third kappa shape index (κ3) is 3.12. The van der Waals surface area contributed by atoms with E-state index >= 15 is 0 Å². The van der Waals surface area contributed by atoms with E-state index in [1.54, 1.807) is 4.90 Å². The van der Waals surface area contributed by atoms with Gasteiger partial charge < -0.3 is 10.6 Å². The Morgan fingerprint density at radius 2 is 2.05 bits per heavy atom. The molecule has 0 unspecified atom stereocenters. The molecule has 19 heavy (non-hydrogen) atoms. The maximum atomic E-state index is 12.0. The summed E-state index contributed by atoms with van der Waals surface area (Å²) in [6, 6.07) is 9.47. The smallest absolute Gasteiger partial charge is 0.240 e. The van der Waals surface area contributed by atoms with Crippen LogP contribution in [0.3, 0.4) is 0 Å². The number of hydrogen-bond donors (Lipinski definition) is 1. The SMILES string of the molecule is CC[C@@H](C(N)=O)N1CN(Cc2ccccc2)CC1=O. The molecule has 5 nitrogen and oxygen atoms in total. The first-order chi connectivity index (χ1) is 9.11. The van der Waals surface area contributed by atoms with E-state index in [2.05, 4.69) is 0 Å². The number of rotatable bonds is 5. The maximum Gasteiger partial charge on any atom is 0.240 e. The quantitative estimate of drug-likeness (QED) is 0.842. The fraction of sp³-hybridized carbons (Fsp3) is 0.429. The van der Waals surface area contributed by atoms with Crippen LogP contribution < -0.4 is 5.73 Å². The standard InChI is InChI=1S/C14H19N3O2/c1-2-12(14(15)19)17-10-16(9-13(17)18)8-11-6-4-3-5-7-11/h3-7,12H,2,8-10H2,1H3,(H2,15,19)/t12-/m0/s1. The van der Waals surface area contributed by atoms with Crippen molar-refractivity contribution in [3.63, 3.8) is 0 Å². The molecule has 0 saturated carbocycles. The number of carbonyl (C=O) groups excluding carboxylic acids is 2. The van der Waals surface area contributed by atoms with Gasteiger partial charge in [-0.1, -0.05) is 37.3 Å². The highest BCUT2D eigenvalue weighted by molar-refractivity contribution is 5.88. The van der Waals surface area contributed by atoms with E-state index in [4.69, 9.17) is 5.73 Å². The van der Waals surface area contributed by atoms with Crippen molar-refractivity contribution in [2.45, 2.75) is 25.9 Å². The van der Waals surface area contributed by atoms with E-state index in [0.29, 0.717) is 26.2 Å². The average Bonchev–Trinajstić information content (AvgIpc) is 2.72. The molecule has 1 aliphatic rings. The number of benzene rings is 1. The third-order valence-corrected chi connectivity index (χ3v) is 3.37. The third-order valence-electron chi connectivity index (χ3n) is 3.37. The van der Waals surface area contributed by atoms with Gasteiger partial charge in [-0.05, 0) is 12.0 Å². The fourth-order valence-corrected chi connectivity index (χ4v) is 2.42. The van der Waals surface area contributed by atoms with Gasteiger partial charge in [-0.15, -0.1) is 0 Å². The summed E-state index contributed by atoms with van der Waals surface area (Å²) in [4.78, 5) is 26.9. The molecule has 5 heteroatoms. The first kappa shape index (κ1) is 13.5. The number of amides is 2. The molecule has 1 atom stereocenters. The highest BCUT2D eigenvalue weighted by Crippen LogP contribution is 2.15. The molecule has 0 radical (unpaired) electrons. The molecule has 1 aromatic carbocycles. The van der Waals surface area contributed by atoms with Crippen LogP contribution in [0.5, 0.6) is 0 Å². The Morgan fingerprint density at radius 3 is 2.63 bits per heavy atom. The van der Waals surface area contributed by atoms with Gasteiger partial charge in [0.15, 0.2) is 0 Å². The van der Waals surface area contributed by atoms with Crippen LogP contribution in [0.4, 0.5) is 0 Å². The van der Waals surface area contributed by atoms with Gasteiger partial charge in [0.1, 0.15) is 6.04 Å². The summed E-state index contributed by atoms with van der Waals surface area (Å²) in [5, 5.41) is 0. The van der Waals surface area contributed by atoms with Crippen LogP contribution in [0.15, 0.2) is 30.3 Å². The summed E-state index contributed by atoms with van der Waals surface area (Å²) in [7, 11) is 0. The Bertz CT molecular complexity index is 461. The molecule has 2 N–H and O–H groups in total. The zero-order valence-corrected chi connectivity index (χ0v) is 11.1. The van der Waals surface area contributed by atoms with Gasteiger partial charge in [0.25, 0.3) is 0 Å². The van der Waals surface area contributed by atoms with Crippen molar-refractivity contribution < 1.29 is 9.59 Å². The Morgan fingerprint density at radius 1 is 1.37 bits per heavy atom. The van der Waals surface area contributed by atoms with Crippen LogP contribution in [0.25, 0.3) is 0 Å². The Labute approximate surface area is 113 Å². The highest BCUT2D eigenvalue weighted by Gasteiger charge is 2.34. The van der Waals surface area contributed by atoms with Gasteiger partial charge in [-0.2, -0.15) is 0 Å². The van der Waals surface area contributed by atoms with Gasteiger partial charge in [0.2, 0.25) is 11.8 Å². The largest absolute Gasteiger partial charge is 0.368 e. The zero-order valence-electron chi connectivity index (χ0n) is 11.1. The second-order valence-electron chi connectivity index (χ2n) is 4.80. The van der Waals surface area contributed by atoms with Crippen molar-refractivity contribution in [1.29, 1.82) is 0 Å². The predicted octanol–water partition coefficient (Wildman–Crippen LogP) is 0.552. The minimum Gasteiger partial charge on any atom is -0.368 e. The molecule has 1 saturated heterocycles. The van der Waals surface area contributed by atoms with Crippen LogP contribution in [-0.2, 0) is 16.1 Å².